The van der Waals surface area contributed by atoms with E-state index in [-0.39, 0.29) is 0 Å². The summed E-state index contributed by atoms with van der Waals surface area (Å²) in [6, 6.07) is 5.80. The van der Waals surface area contributed by atoms with Crippen molar-refractivity contribution in [1.82, 2.24) is 14.8 Å². The van der Waals surface area contributed by atoms with Gasteiger partial charge >= 0.3 is 0 Å². The maximum atomic E-state index is 5.77. The van der Waals surface area contributed by atoms with Crippen molar-refractivity contribution in [3.05, 3.63) is 40.8 Å². The van der Waals surface area contributed by atoms with E-state index in [2.05, 4.69) is 28.4 Å². The highest BCUT2D eigenvalue weighted by Crippen LogP contribution is 2.09. The summed E-state index contributed by atoms with van der Waals surface area (Å²) in [4.78, 5) is 4.18. The van der Waals surface area contributed by atoms with E-state index in [1.54, 1.807) is 6.20 Å². The smallest absolute Gasteiger partial charge is 0.125 e. The molecule has 2 rings (SSSR count). The van der Waals surface area contributed by atoms with Gasteiger partial charge in [0.1, 0.15) is 5.82 Å². The van der Waals surface area contributed by atoms with E-state index >= 15 is 0 Å². The van der Waals surface area contributed by atoms with Crippen LogP contribution in [0.15, 0.2) is 24.4 Å². The lowest BCUT2D eigenvalue weighted by Gasteiger charge is -2.06. The molecule has 0 fully saturated rings. The van der Waals surface area contributed by atoms with Crippen LogP contribution in [0.1, 0.15) is 17.8 Å². The molecule has 0 spiro atoms. The van der Waals surface area contributed by atoms with Crippen LogP contribution in [0, 0.1) is 13.8 Å². The molecular formula is C13H17ClN4. The van der Waals surface area contributed by atoms with Crippen LogP contribution < -0.4 is 5.32 Å². The Hall–Kier alpha value is -1.55. The highest BCUT2D eigenvalue weighted by molar-refractivity contribution is 6.30. The second-order valence-electron chi connectivity index (χ2n) is 4.29. The molecule has 0 aliphatic heterocycles. The Morgan fingerprint density at radius 2 is 2.17 bits per heavy atom. The predicted octanol–water partition coefficient (Wildman–Crippen LogP) is 3.05. The summed E-state index contributed by atoms with van der Waals surface area (Å²) in [5, 5.41) is 8.34. The lowest BCUT2D eigenvalue weighted by Crippen LogP contribution is -2.09. The number of hydrogen-bond donors (Lipinski definition) is 1. The highest BCUT2D eigenvalue weighted by Gasteiger charge is 2.00. The average molecular weight is 265 g/mol. The fourth-order valence-corrected chi connectivity index (χ4v) is 1.94. The quantitative estimate of drug-likeness (QED) is 0.844. The molecule has 4 nitrogen and oxygen atoms in total. The van der Waals surface area contributed by atoms with E-state index in [4.69, 9.17) is 11.6 Å². The van der Waals surface area contributed by atoms with Gasteiger partial charge in [0.2, 0.25) is 0 Å². The summed E-state index contributed by atoms with van der Waals surface area (Å²) >= 11 is 5.77. The second-order valence-corrected chi connectivity index (χ2v) is 4.73. The van der Waals surface area contributed by atoms with Crippen molar-refractivity contribution in [2.45, 2.75) is 26.8 Å². The molecule has 0 radical (unpaired) electrons. The zero-order valence-electron chi connectivity index (χ0n) is 10.7. The van der Waals surface area contributed by atoms with E-state index in [1.165, 1.54) is 5.69 Å². The van der Waals surface area contributed by atoms with E-state index in [1.807, 2.05) is 23.7 Å². The summed E-state index contributed by atoms with van der Waals surface area (Å²) in [7, 11) is 0. The number of nitrogens with zero attached hydrogens (tertiary/aromatic N) is 3. The van der Waals surface area contributed by atoms with E-state index in [0.29, 0.717) is 5.02 Å². The molecule has 0 unspecified atom stereocenters. The number of rotatable bonds is 5. The Kier molecular flexibility index (Phi) is 4.20. The maximum Gasteiger partial charge on any atom is 0.125 e. The Morgan fingerprint density at radius 1 is 1.33 bits per heavy atom. The minimum absolute atomic E-state index is 0.656. The minimum Gasteiger partial charge on any atom is -0.370 e. The van der Waals surface area contributed by atoms with Crippen molar-refractivity contribution in [2.24, 2.45) is 0 Å². The van der Waals surface area contributed by atoms with Crippen LogP contribution in [0.4, 0.5) is 5.82 Å². The van der Waals surface area contributed by atoms with E-state index in [9.17, 15) is 0 Å². The number of halogens is 1. The van der Waals surface area contributed by atoms with Gasteiger partial charge in [-0.1, -0.05) is 11.6 Å². The number of anilines is 1. The molecule has 18 heavy (non-hydrogen) atoms. The van der Waals surface area contributed by atoms with Crippen LogP contribution in [-0.2, 0) is 6.54 Å². The van der Waals surface area contributed by atoms with Gasteiger partial charge in [-0.05, 0) is 38.5 Å². The molecule has 2 aromatic heterocycles. The molecule has 0 atom stereocenters. The first-order valence-corrected chi connectivity index (χ1v) is 6.39. The van der Waals surface area contributed by atoms with Gasteiger partial charge < -0.3 is 5.32 Å². The summed E-state index contributed by atoms with van der Waals surface area (Å²) in [6.45, 7) is 5.88. The standard InChI is InChI=1S/C13H17ClN4/c1-10-8-11(2)18(17-10)7-3-6-15-13-5-4-12(14)9-16-13/h4-5,8-9H,3,6-7H2,1-2H3,(H,15,16). The molecule has 0 aromatic carbocycles. The Morgan fingerprint density at radius 3 is 2.78 bits per heavy atom. The summed E-state index contributed by atoms with van der Waals surface area (Å²) in [5.74, 6) is 0.854. The number of nitrogens with one attached hydrogen (secondary N) is 1. The van der Waals surface area contributed by atoms with Gasteiger partial charge in [-0.25, -0.2) is 4.98 Å². The fraction of sp³-hybridized carbons (Fsp3) is 0.385. The van der Waals surface area contributed by atoms with Crippen LogP contribution in [-0.4, -0.2) is 21.3 Å². The summed E-state index contributed by atoms with van der Waals surface area (Å²) in [5.41, 5.74) is 2.27. The van der Waals surface area contributed by atoms with Gasteiger partial charge in [0.05, 0.1) is 10.7 Å². The zero-order valence-corrected chi connectivity index (χ0v) is 11.4. The third-order valence-electron chi connectivity index (χ3n) is 2.68. The van der Waals surface area contributed by atoms with E-state index < -0.39 is 0 Å². The van der Waals surface area contributed by atoms with Crippen molar-refractivity contribution < 1.29 is 0 Å². The van der Waals surface area contributed by atoms with Crippen LogP contribution in [0.3, 0.4) is 0 Å². The van der Waals surface area contributed by atoms with Crippen molar-refractivity contribution in [1.29, 1.82) is 0 Å². The third-order valence-corrected chi connectivity index (χ3v) is 2.91. The average Bonchev–Trinajstić information content (AvgIpc) is 2.66. The van der Waals surface area contributed by atoms with Crippen LogP contribution in [0.25, 0.3) is 0 Å². The fourth-order valence-electron chi connectivity index (χ4n) is 1.83. The van der Waals surface area contributed by atoms with Gasteiger partial charge in [-0.15, -0.1) is 0 Å². The van der Waals surface area contributed by atoms with Gasteiger partial charge in [0.25, 0.3) is 0 Å². The monoisotopic (exact) mass is 264 g/mol. The molecule has 96 valence electrons. The number of aromatic nitrogens is 3. The lowest BCUT2D eigenvalue weighted by atomic mass is 10.3. The first kappa shape index (κ1) is 12.9. The lowest BCUT2D eigenvalue weighted by molar-refractivity contribution is 0.573. The molecule has 0 aliphatic carbocycles. The summed E-state index contributed by atoms with van der Waals surface area (Å²) < 4.78 is 2.03. The largest absolute Gasteiger partial charge is 0.370 e. The van der Waals surface area contributed by atoms with Crippen molar-refractivity contribution >= 4 is 17.4 Å². The van der Waals surface area contributed by atoms with Crippen LogP contribution in [0.5, 0.6) is 0 Å². The molecule has 2 heterocycles. The van der Waals surface area contributed by atoms with E-state index in [0.717, 1.165) is 31.0 Å². The first-order valence-electron chi connectivity index (χ1n) is 6.01. The zero-order chi connectivity index (χ0) is 13.0. The van der Waals surface area contributed by atoms with Gasteiger partial charge in [-0.3, -0.25) is 4.68 Å². The van der Waals surface area contributed by atoms with Gasteiger partial charge in [-0.2, -0.15) is 5.10 Å². The predicted molar refractivity (Wildman–Crippen MR) is 74.1 cm³/mol. The molecular weight excluding hydrogens is 248 g/mol. The maximum absolute atomic E-state index is 5.77. The minimum atomic E-state index is 0.656. The molecule has 0 amide bonds. The topological polar surface area (TPSA) is 42.7 Å². The van der Waals surface area contributed by atoms with Crippen LogP contribution in [0.2, 0.25) is 5.02 Å². The SMILES string of the molecule is Cc1cc(C)n(CCCNc2ccc(Cl)cn2)n1. The Balaban J connectivity index is 1.76. The third kappa shape index (κ3) is 3.47. The first-order chi connectivity index (χ1) is 8.65. The molecule has 5 heteroatoms. The van der Waals surface area contributed by atoms with Crippen molar-refractivity contribution in [3.63, 3.8) is 0 Å². The molecule has 1 N–H and O–H groups in total. The number of hydrogen-bond acceptors (Lipinski definition) is 3. The highest BCUT2D eigenvalue weighted by atomic mass is 35.5. The Bertz CT molecular complexity index is 504. The van der Waals surface area contributed by atoms with Gasteiger partial charge in [0.15, 0.2) is 0 Å². The number of aryl methyl sites for hydroxylation is 3. The molecule has 0 bridgehead atoms. The molecule has 0 saturated carbocycles. The van der Waals surface area contributed by atoms with Gasteiger partial charge in [0, 0.05) is 25.0 Å². The van der Waals surface area contributed by atoms with Crippen molar-refractivity contribution in [3.8, 4) is 0 Å². The molecule has 0 saturated heterocycles. The number of pyridine rings is 1. The van der Waals surface area contributed by atoms with Crippen LogP contribution >= 0.6 is 11.6 Å². The Labute approximate surface area is 112 Å². The molecule has 0 aliphatic rings. The summed E-state index contributed by atoms with van der Waals surface area (Å²) in [6.07, 6.45) is 2.65. The normalized spacial score (nSPS) is 10.6. The second kappa shape index (κ2) is 5.87. The molecule has 2 aromatic rings. The van der Waals surface area contributed by atoms with Crippen molar-refractivity contribution in [2.75, 3.05) is 11.9 Å².